The minimum Gasteiger partial charge on any atom is -0.342 e. The van der Waals surface area contributed by atoms with Crippen LogP contribution in [0.2, 0.25) is 0 Å². The summed E-state index contributed by atoms with van der Waals surface area (Å²) in [5, 5.41) is 36.5. The fourth-order valence-electron chi connectivity index (χ4n) is 1.31. The third-order valence-electron chi connectivity index (χ3n) is 3.00. The van der Waals surface area contributed by atoms with Crippen molar-refractivity contribution < 1.29 is 19.6 Å². The molecule has 23 heavy (non-hydrogen) atoms. The van der Waals surface area contributed by atoms with E-state index in [1.54, 1.807) is 27.7 Å². The first-order valence-corrected chi connectivity index (χ1v) is 6.28. The molecule has 11 heteroatoms. The molecule has 1 aromatic rings. The first-order chi connectivity index (χ1) is 10.4. The quantitative estimate of drug-likeness (QED) is 0.457. The lowest BCUT2D eigenvalue weighted by Crippen LogP contribution is -2.17. The number of non-ortho nitro benzene ring substituents is 1. The molecule has 0 saturated carbocycles. The number of benzene rings is 1. The van der Waals surface area contributed by atoms with Crippen molar-refractivity contribution >= 4 is 22.8 Å². The Kier molecular flexibility index (Phi) is 4.94. The monoisotopic (exact) mass is 326 g/mol. The van der Waals surface area contributed by atoms with Crippen LogP contribution in [-0.2, 0) is 0 Å². The molecule has 11 nitrogen and oxygen atoms in total. The van der Waals surface area contributed by atoms with Crippen LogP contribution in [-0.4, -0.2) is 20.5 Å². The maximum absolute atomic E-state index is 11.0. The number of nitro benzene ring substituents is 3. The molecule has 0 N–H and O–H groups in total. The number of oxime groups is 1. The zero-order valence-corrected chi connectivity index (χ0v) is 12.8. The number of hydrogen-bond acceptors (Lipinski definition) is 8. The molecule has 0 saturated heterocycles. The van der Waals surface area contributed by atoms with Gasteiger partial charge in [0.2, 0.25) is 0 Å². The fraction of sp³-hybridized carbons (Fsp3) is 0.417. The van der Waals surface area contributed by atoms with Gasteiger partial charge in [-0.25, -0.2) is 0 Å². The van der Waals surface area contributed by atoms with Gasteiger partial charge in [-0.05, 0) is 6.92 Å². The van der Waals surface area contributed by atoms with Crippen LogP contribution in [0, 0.1) is 35.8 Å². The first-order valence-electron chi connectivity index (χ1n) is 6.28. The normalized spacial score (nSPS) is 11.9. The second-order valence-electron chi connectivity index (χ2n) is 5.60. The predicted molar refractivity (Wildman–Crippen MR) is 79.6 cm³/mol. The van der Waals surface area contributed by atoms with Crippen LogP contribution in [0.25, 0.3) is 0 Å². The number of nitrogens with zero attached hydrogens (tertiary/aromatic N) is 4. The van der Waals surface area contributed by atoms with E-state index >= 15 is 0 Å². The van der Waals surface area contributed by atoms with E-state index in [0.29, 0.717) is 17.8 Å². The summed E-state index contributed by atoms with van der Waals surface area (Å²) in [7, 11) is 0. The lowest BCUT2D eigenvalue weighted by molar-refractivity contribution is -0.404. The van der Waals surface area contributed by atoms with Crippen molar-refractivity contribution in [1.82, 2.24) is 0 Å². The molecule has 0 radical (unpaired) electrons. The van der Waals surface area contributed by atoms with Crippen LogP contribution in [0.1, 0.15) is 27.7 Å². The second kappa shape index (κ2) is 6.34. The van der Waals surface area contributed by atoms with Crippen molar-refractivity contribution in [2.45, 2.75) is 27.7 Å². The minimum absolute atomic E-state index is 0.426. The molecule has 0 unspecified atom stereocenters. The smallest absolute Gasteiger partial charge is 0.328 e. The Morgan fingerprint density at radius 1 is 1.00 bits per heavy atom. The van der Waals surface area contributed by atoms with E-state index < -0.39 is 43.0 Å². The predicted octanol–water partition coefficient (Wildman–Crippen LogP) is 3.21. The Morgan fingerprint density at radius 2 is 1.43 bits per heavy atom. The van der Waals surface area contributed by atoms with Gasteiger partial charge in [-0.3, -0.25) is 30.3 Å². The summed E-state index contributed by atoms with van der Waals surface area (Å²) in [6.07, 6.45) is 0. The van der Waals surface area contributed by atoms with Gasteiger partial charge in [0.1, 0.15) is 0 Å². The van der Waals surface area contributed by atoms with Crippen molar-refractivity contribution in [3.8, 4) is 5.75 Å². The number of rotatable bonds is 5. The van der Waals surface area contributed by atoms with Crippen molar-refractivity contribution in [3.05, 3.63) is 42.5 Å². The van der Waals surface area contributed by atoms with E-state index in [-0.39, 0.29) is 0 Å². The molecule has 0 aliphatic heterocycles. The van der Waals surface area contributed by atoms with Crippen LogP contribution in [0.5, 0.6) is 5.75 Å². The molecule has 1 aromatic carbocycles. The molecule has 0 heterocycles. The molecule has 0 spiro atoms. The Morgan fingerprint density at radius 3 is 1.74 bits per heavy atom. The summed E-state index contributed by atoms with van der Waals surface area (Å²) in [5.74, 6) is -0.755. The van der Waals surface area contributed by atoms with Gasteiger partial charge in [0.25, 0.3) is 5.69 Å². The largest absolute Gasteiger partial charge is 0.342 e. The molecule has 0 amide bonds. The number of hydrogen-bond donors (Lipinski definition) is 0. The molecule has 1 rings (SSSR count). The van der Waals surface area contributed by atoms with E-state index in [1.807, 2.05) is 0 Å². The Balaban J connectivity index is 3.53. The molecule has 0 fully saturated rings. The molecular weight excluding hydrogens is 312 g/mol. The lowest BCUT2D eigenvalue weighted by atomic mass is 9.91. The van der Waals surface area contributed by atoms with Crippen LogP contribution >= 0.6 is 0 Å². The van der Waals surface area contributed by atoms with Gasteiger partial charge in [0.15, 0.2) is 0 Å². The standard InChI is InChI=1S/C12H14N4O7/c1-7(12(2,3)4)13-23-11-9(15(19)20)5-8(14(17)18)6-10(11)16(21)22/h5-6H,1-4H3. The minimum atomic E-state index is -1.00. The van der Waals surface area contributed by atoms with Crippen molar-refractivity contribution in [2.75, 3.05) is 0 Å². The summed E-state index contributed by atoms with van der Waals surface area (Å²) >= 11 is 0. The Bertz CT molecular complexity index is 671. The van der Waals surface area contributed by atoms with E-state index in [0.717, 1.165) is 0 Å². The van der Waals surface area contributed by atoms with E-state index in [4.69, 9.17) is 4.84 Å². The molecule has 0 bridgehead atoms. The zero-order valence-electron chi connectivity index (χ0n) is 12.8. The van der Waals surface area contributed by atoms with Gasteiger partial charge in [0, 0.05) is 5.41 Å². The molecular formula is C12H14N4O7. The molecule has 0 aliphatic rings. The highest BCUT2D eigenvalue weighted by Gasteiger charge is 2.33. The van der Waals surface area contributed by atoms with Crippen LogP contribution < -0.4 is 4.84 Å². The molecule has 0 atom stereocenters. The molecule has 0 aliphatic carbocycles. The Hall–Kier alpha value is -3.11. The third-order valence-corrected chi connectivity index (χ3v) is 3.00. The van der Waals surface area contributed by atoms with Crippen LogP contribution in [0.3, 0.4) is 0 Å². The SMILES string of the molecule is CC(=NOc1c([N+](=O)[O-])cc([N+](=O)[O-])cc1[N+](=O)[O-])C(C)(C)C. The maximum Gasteiger partial charge on any atom is 0.328 e. The van der Waals surface area contributed by atoms with Gasteiger partial charge in [-0.1, -0.05) is 25.9 Å². The summed E-state index contributed by atoms with van der Waals surface area (Å²) in [6, 6.07) is 1.18. The van der Waals surface area contributed by atoms with E-state index in [2.05, 4.69) is 5.16 Å². The van der Waals surface area contributed by atoms with Gasteiger partial charge >= 0.3 is 17.1 Å². The van der Waals surface area contributed by atoms with E-state index in [1.165, 1.54) is 0 Å². The summed E-state index contributed by atoms with van der Waals surface area (Å²) in [5.41, 5.74) is -2.59. The van der Waals surface area contributed by atoms with Gasteiger partial charge in [-0.15, -0.1) is 0 Å². The summed E-state index contributed by atoms with van der Waals surface area (Å²) in [6.45, 7) is 6.98. The highest BCUT2D eigenvalue weighted by atomic mass is 16.7. The molecule has 124 valence electrons. The summed E-state index contributed by atoms with van der Waals surface area (Å²) < 4.78 is 0. The highest BCUT2D eigenvalue weighted by molar-refractivity contribution is 5.86. The average Bonchev–Trinajstić information content (AvgIpc) is 2.42. The van der Waals surface area contributed by atoms with Gasteiger partial charge < -0.3 is 4.84 Å². The maximum atomic E-state index is 11.0. The van der Waals surface area contributed by atoms with Crippen molar-refractivity contribution in [1.29, 1.82) is 0 Å². The summed E-state index contributed by atoms with van der Waals surface area (Å²) in [4.78, 5) is 34.8. The van der Waals surface area contributed by atoms with Crippen LogP contribution in [0.4, 0.5) is 17.1 Å². The van der Waals surface area contributed by atoms with Crippen molar-refractivity contribution in [2.24, 2.45) is 10.6 Å². The van der Waals surface area contributed by atoms with E-state index in [9.17, 15) is 30.3 Å². The highest BCUT2D eigenvalue weighted by Crippen LogP contribution is 2.40. The molecule has 0 aromatic heterocycles. The Labute approximate surface area is 130 Å². The van der Waals surface area contributed by atoms with Crippen LogP contribution in [0.15, 0.2) is 17.3 Å². The lowest BCUT2D eigenvalue weighted by Gasteiger charge is -2.16. The first kappa shape index (κ1) is 17.9. The third kappa shape index (κ3) is 4.18. The second-order valence-corrected chi connectivity index (χ2v) is 5.60. The average molecular weight is 326 g/mol. The van der Waals surface area contributed by atoms with Crippen molar-refractivity contribution in [3.63, 3.8) is 0 Å². The van der Waals surface area contributed by atoms with Gasteiger partial charge in [-0.2, -0.15) is 0 Å². The zero-order chi connectivity index (χ0) is 17.9. The topological polar surface area (TPSA) is 151 Å². The van der Waals surface area contributed by atoms with Gasteiger partial charge in [0.05, 0.1) is 32.6 Å². The number of nitro groups is 3. The fourth-order valence-corrected chi connectivity index (χ4v) is 1.31.